The summed E-state index contributed by atoms with van der Waals surface area (Å²) in [5.41, 5.74) is 0.956. The molecular weight excluding hydrogens is 338 g/mol. The Labute approximate surface area is 119 Å². The summed E-state index contributed by atoms with van der Waals surface area (Å²) in [6.45, 7) is 1.84. The number of amides is 2. The summed E-state index contributed by atoms with van der Waals surface area (Å²) >= 11 is 2.80. The molecule has 0 unspecified atom stereocenters. The van der Waals surface area contributed by atoms with E-state index in [0.717, 1.165) is 9.49 Å². The van der Waals surface area contributed by atoms with Gasteiger partial charge < -0.3 is 0 Å². The monoisotopic (exact) mass is 349 g/mol. The molecule has 1 aromatic carbocycles. The molecule has 8 heteroatoms. The van der Waals surface area contributed by atoms with Crippen molar-refractivity contribution in [1.82, 2.24) is 3.93 Å². The zero-order valence-corrected chi connectivity index (χ0v) is 12.4. The van der Waals surface area contributed by atoms with Crippen molar-refractivity contribution in [3.05, 3.63) is 29.8 Å². The molecule has 1 saturated heterocycles. The topological polar surface area (TPSA) is 91.7 Å². The maximum absolute atomic E-state index is 10.5. The molecule has 1 aromatic rings. The van der Waals surface area contributed by atoms with Gasteiger partial charge in [0.2, 0.25) is 11.8 Å². The largest absolute Gasteiger partial charge is 0.294 e. The highest BCUT2D eigenvalue weighted by Crippen LogP contribution is 2.14. The van der Waals surface area contributed by atoms with Gasteiger partial charge >= 0.3 is 0 Å². The highest BCUT2D eigenvalue weighted by atomic mass is 79.9. The summed E-state index contributed by atoms with van der Waals surface area (Å²) in [4.78, 5) is 20.8. The number of halogens is 1. The van der Waals surface area contributed by atoms with Crippen LogP contribution in [-0.4, -0.2) is 28.7 Å². The van der Waals surface area contributed by atoms with E-state index in [1.54, 1.807) is 12.1 Å². The lowest BCUT2D eigenvalue weighted by molar-refractivity contribution is -0.131. The highest BCUT2D eigenvalue weighted by molar-refractivity contribution is 9.08. The lowest BCUT2D eigenvalue weighted by Gasteiger charge is -1.97. The number of hydrogen-bond donors (Lipinski definition) is 1. The Hall–Kier alpha value is -1.25. The van der Waals surface area contributed by atoms with Crippen LogP contribution in [0.1, 0.15) is 18.4 Å². The van der Waals surface area contributed by atoms with Gasteiger partial charge in [-0.15, -0.1) is 0 Å². The van der Waals surface area contributed by atoms with Crippen LogP contribution in [0, 0.1) is 6.92 Å². The Morgan fingerprint density at radius 2 is 1.53 bits per heavy atom. The van der Waals surface area contributed by atoms with Gasteiger partial charge in [0.05, 0.1) is 21.0 Å². The van der Waals surface area contributed by atoms with Gasteiger partial charge in [0.25, 0.3) is 10.1 Å². The smallest absolute Gasteiger partial charge is 0.282 e. The average Bonchev–Trinajstić information content (AvgIpc) is 2.61. The van der Waals surface area contributed by atoms with E-state index in [1.165, 1.54) is 12.1 Å². The third kappa shape index (κ3) is 4.73. The third-order valence-electron chi connectivity index (χ3n) is 2.31. The van der Waals surface area contributed by atoms with E-state index in [-0.39, 0.29) is 16.7 Å². The Bertz CT molecular complexity index is 566. The predicted octanol–water partition coefficient (Wildman–Crippen LogP) is 1.69. The summed E-state index contributed by atoms with van der Waals surface area (Å²) in [6.07, 6.45) is 0.703. The number of imide groups is 1. The second kappa shape index (κ2) is 6.27. The summed E-state index contributed by atoms with van der Waals surface area (Å²) in [7, 11) is -4.02. The van der Waals surface area contributed by atoms with Crippen molar-refractivity contribution in [1.29, 1.82) is 0 Å². The van der Waals surface area contributed by atoms with Crippen LogP contribution in [0.15, 0.2) is 29.2 Å². The number of carbonyl (C=O) groups is 2. The Balaban J connectivity index is 0.000000200. The number of hydrogen-bond acceptors (Lipinski definition) is 4. The molecule has 0 spiro atoms. The van der Waals surface area contributed by atoms with Gasteiger partial charge in [-0.05, 0) is 19.1 Å². The molecule has 2 rings (SSSR count). The van der Waals surface area contributed by atoms with Gasteiger partial charge in [0.1, 0.15) is 0 Å². The van der Waals surface area contributed by atoms with E-state index in [0.29, 0.717) is 12.8 Å². The molecule has 0 saturated carbocycles. The Morgan fingerprint density at radius 1 is 1.11 bits per heavy atom. The summed E-state index contributed by atoms with van der Waals surface area (Å²) < 4.78 is 30.5. The zero-order chi connectivity index (χ0) is 14.6. The van der Waals surface area contributed by atoms with Crippen LogP contribution < -0.4 is 0 Å². The molecule has 0 bridgehead atoms. The van der Waals surface area contributed by atoms with Crippen molar-refractivity contribution in [2.45, 2.75) is 24.7 Å². The van der Waals surface area contributed by atoms with Crippen LogP contribution in [-0.2, 0) is 19.7 Å². The number of benzene rings is 1. The van der Waals surface area contributed by atoms with Gasteiger partial charge in [-0.3, -0.25) is 14.1 Å². The maximum Gasteiger partial charge on any atom is 0.294 e. The molecule has 19 heavy (non-hydrogen) atoms. The van der Waals surface area contributed by atoms with E-state index < -0.39 is 10.1 Å². The van der Waals surface area contributed by atoms with E-state index >= 15 is 0 Å². The minimum Gasteiger partial charge on any atom is -0.282 e. The van der Waals surface area contributed by atoms with Gasteiger partial charge in [-0.1, -0.05) is 17.7 Å². The molecule has 0 atom stereocenters. The molecular formula is C11H12BrNO5S. The van der Waals surface area contributed by atoms with E-state index in [2.05, 4.69) is 16.1 Å². The van der Waals surface area contributed by atoms with Crippen LogP contribution in [0.4, 0.5) is 0 Å². The van der Waals surface area contributed by atoms with Crippen molar-refractivity contribution in [3.8, 4) is 0 Å². The van der Waals surface area contributed by atoms with Crippen molar-refractivity contribution in [2.24, 2.45) is 0 Å². The first-order valence-electron chi connectivity index (χ1n) is 5.27. The van der Waals surface area contributed by atoms with Crippen molar-refractivity contribution < 1.29 is 22.6 Å². The molecule has 0 radical (unpaired) electrons. The number of aryl methyl sites for hydroxylation is 1. The normalized spacial score (nSPS) is 15.2. The molecule has 1 aliphatic heterocycles. The van der Waals surface area contributed by atoms with Crippen molar-refractivity contribution in [2.75, 3.05) is 0 Å². The highest BCUT2D eigenvalue weighted by Gasteiger charge is 2.26. The Kier molecular flexibility index (Phi) is 5.21. The minimum atomic E-state index is -4.02. The van der Waals surface area contributed by atoms with Crippen LogP contribution in [0.2, 0.25) is 0 Å². The lowest BCUT2D eigenvalue weighted by atomic mass is 10.2. The summed E-state index contributed by atoms with van der Waals surface area (Å²) in [6, 6.07) is 5.99. The molecule has 1 N–H and O–H groups in total. The van der Waals surface area contributed by atoms with Crippen LogP contribution >= 0.6 is 16.1 Å². The second-order valence-electron chi connectivity index (χ2n) is 3.86. The molecule has 0 aliphatic carbocycles. The number of carbonyl (C=O) groups excluding carboxylic acids is 2. The van der Waals surface area contributed by atoms with Crippen molar-refractivity contribution in [3.63, 3.8) is 0 Å². The zero-order valence-electron chi connectivity index (χ0n) is 10.0. The van der Waals surface area contributed by atoms with Gasteiger partial charge in [0, 0.05) is 12.8 Å². The maximum atomic E-state index is 10.5. The van der Waals surface area contributed by atoms with Gasteiger partial charge in [0.15, 0.2) is 0 Å². The third-order valence-corrected chi connectivity index (χ3v) is 3.97. The fraction of sp³-hybridized carbons (Fsp3) is 0.273. The lowest BCUT2D eigenvalue weighted by Crippen LogP contribution is -2.16. The van der Waals surface area contributed by atoms with E-state index in [1.807, 2.05) is 6.92 Å². The second-order valence-corrected chi connectivity index (χ2v) is 5.99. The SMILES string of the molecule is Cc1ccc(S(=O)(=O)O)cc1.O=C1CCC(=O)N1Br. The summed E-state index contributed by atoms with van der Waals surface area (Å²) in [5.74, 6) is -0.287. The standard InChI is InChI=1S/C7H8O3S.C4H4BrNO2/c1-6-2-4-7(5-3-6)11(8,9)10;5-6-3(7)1-2-4(6)8/h2-5H,1H3,(H,8,9,10);1-2H2. The quantitative estimate of drug-likeness (QED) is 0.473. The fourth-order valence-corrected chi connectivity index (χ4v) is 2.09. The number of nitrogens with zero attached hydrogens (tertiary/aromatic N) is 1. The van der Waals surface area contributed by atoms with Crippen LogP contribution in [0.5, 0.6) is 0 Å². The molecule has 104 valence electrons. The predicted molar refractivity (Wildman–Crippen MR) is 71.0 cm³/mol. The van der Waals surface area contributed by atoms with Crippen LogP contribution in [0.3, 0.4) is 0 Å². The first-order valence-corrected chi connectivity index (χ1v) is 7.42. The molecule has 1 fully saturated rings. The molecule has 0 aromatic heterocycles. The van der Waals surface area contributed by atoms with Crippen molar-refractivity contribution >= 4 is 38.1 Å². The average molecular weight is 350 g/mol. The number of rotatable bonds is 1. The fourth-order valence-electron chi connectivity index (χ4n) is 1.26. The first-order chi connectivity index (χ1) is 8.71. The summed E-state index contributed by atoms with van der Waals surface area (Å²) in [5, 5.41) is 0. The Morgan fingerprint density at radius 3 is 1.79 bits per heavy atom. The first kappa shape index (κ1) is 15.8. The van der Waals surface area contributed by atoms with E-state index in [4.69, 9.17) is 4.55 Å². The van der Waals surface area contributed by atoms with Gasteiger partial charge in [-0.25, -0.2) is 3.93 Å². The molecule has 2 amide bonds. The molecule has 1 heterocycles. The molecule has 6 nitrogen and oxygen atoms in total. The van der Waals surface area contributed by atoms with Gasteiger partial charge in [-0.2, -0.15) is 8.42 Å². The van der Waals surface area contributed by atoms with E-state index in [9.17, 15) is 18.0 Å². The van der Waals surface area contributed by atoms with Crippen LogP contribution in [0.25, 0.3) is 0 Å². The molecule has 1 aliphatic rings. The minimum absolute atomic E-state index is 0.0666.